The Hall–Kier alpha value is -1.83. The van der Waals surface area contributed by atoms with Gasteiger partial charge < -0.3 is 15.4 Å². The number of carbonyl (C=O) groups excluding carboxylic acids is 1. The zero-order chi connectivity index (χ0) is 18.4. The Morgan fingerprint density at radius 2 is 1.81 bits per heavy atom. The Labute approximate surface area is 172 Å². The summed E-state index contributed by atoms with van der Waals surface area (Å²) < 4.78 is 5.29. The highest BCUT2D eigenvalue weighted by atomic mass is 127. The number of esters is 1. The summed E-state index contributed by atoms with van der Waals surface area (Å²) in [7, 11) is 1.68. The van der Waals surface area contributed by atoms with Gasteiger partial charge >= 0.3 is 5.97 Å². The van der Waals surface area contributed by atoms with Crippen LogP contribution in [0.4, 0.5) is 0 Å². The van der Waals surface area contributed by atoms with Crippen molar-refractivity contribution < 1.29 is 9.53 Å². The summed E-state index contributed by atoms with van der Waals surface area (Å²) in [5.74, 6) is 0.250. The number of hydrogen-bond acceptors (Lipinski definition) is 3. The number of guanidine groups is 1. The molecule has 0 amide bonds. The maximum Gasteiger partial charge on any atom is 0.325 e. The minimum atomic E-state index is -0.492. The molecule has 0 aliphatic rings. The predicted octanol–water partition coefficient (Wildman–Crippen LogP) is 4.03. The van der Waals surface area contributed by atoms with Crippen molar-refractivity contribution in [3.63, 3.8) is 0 Å². The Kier molecular flexibility index (Phi) is 8.33. The summed E-state index contributed by atoms with van der Waals surface area (Å²) in [6.07, 6.45) is 0. The molecular weight excluding hydrogens is 441 g/mol. The van der Waals surface area contributed by atoms with E-state index < -0.39 is 5.60 Å². The maximum absolute atomic E-state index is 11.8. The standard InChI is InChI=1S/C20H27N3O2.HI/c1-14(16-11-10-15-8-6-7-9-17(15)12-16)23-19(21-5)22-13-18(24)25-20(2,3)4;/h6-12,14H,13H2,1-5H3,(H2,21,22,23);1H. The molecule has 0 saturated heterocycles. The molecule has 0 heterocycles. The number of nitrogens with one attached hydrogen (secondary N) is 2. The summed E-state index contributed by atoms with van der Waals surface area (Å²) in [6, 6.07) is 14.7. The first-order chi connectivity index (χ1) is 11.8. The number of hydrogen-bond donors (Lipinski definition) is 2. The van der Waals surface area contributed by atoms with Crippen molar-refractivity contribution in [3.05, 3.63) is 48.0 Å². The van der Waals surface area contributed by atoms with Gasteiger partial charge in [0.1, 0.15) is 12.1 Å². The van der Waals surface area contributed by atoms with Crippen LogP contribution in [0.3, 0.4) is 0 Å². The molecular formula is C20H28IN3O2. The molecule has 142 valence electrons. The van der Waals surface area contributed by atoms with Crippen LogP contribution in [0.15, 0.2) is 47.5 Å². The van der Waals surface area contributed by atoms with E-state index in [2.05, 4.69) is 52.9 Å². The van der Waals surface area contributed by atoms with E-state index in [1.165, 1.54) is 10.8 Å². The van der Waals surface area contributed by atoms with Crippen LogP contribution in [0.2, 0.25) is 0 Å². The molecule has 2 N–H and O–H groups in total. The van der Waals surface area contributed by atoms with Crippen LogP contribution in [-0.4, -0.2) is 31.1 Å². The highest BCUT2D eigenvalue weighted by molar-refractivity contribution is 14.0. The van der Waals surface area contributed by atoms with Crippen molar-refractivity contribution in [2.75, 3.05) is 13.6 Å². The van der Waals surface area contributed by atoms with Gasteiger partial charge in [0.25, 0.3) is 0 Å². The number of aliphatic imine (C=N–C) groups is 1. The number of carbonyl (C=O) groups is 1. The lowest BCUT2D eigenvalue weighted by Crippen LogP contribution is -2.42. The Balaban J connectivity index is 0.00000338. The van der Waals surface area contributed by atoms with E-state index >= 15 is 0 Å². The van der Waals surface area contributed by atoms with E-state index in [0.717, 1.165) is 5.56 Å². The smallest absolute Gasteiger partial charge is 0.325 e. The van der Waals surface area contributed by atoms with Crippen molar-refractivity contribution in [1.29, 1.82) is 0 Å². The zero-order valence-corrected chi connectivity index (χ0v) is 18.3. The minimum absolute atomic E-state index is 0. The first-order valence-corrected chi connectivity index (χ1v) is 8.46. The maximum atomic E-state index is 11.8. The van der Waals surface area contributed by atoms with E-state index in [-0.39, 0.29) is 42.5 Å². The fraction of sp³-hybridized carbons (Fsp3) is 0.400. The molecule has 5 nitrogen and oxygen atoms in total. The van der Waals surface area contributed by atoms with Gasteiger partial charge in [-0.15, -0.1) is 24.0 Å². The number of ether oxygens (including phenoxy) is 1. The second-order valence-corrected chi connectivity index (χ2v) is 6.98. The summed E-state index contributed by atoms with van der Waals surface area (Å²) in [4.78, 5) is 16.0. The van der Waals surface area contributed by atoms with Crippen molar-refractivity contribution in [2.45, 2.75) is 39.3 Å². The molecule has 0 aliphatic carbocycles. The molecule has 0 saturated carbocycles. The second kappa shape index (κ2) is 9.75. The second-order valence-electron chi connectivity index (χ2n) is 6.98. The van der Waals surface area contributed by atoms with Crippen LogP contribution in [-0.2, 0) is 9.53 Å². The third-order valence-corrected chi connectivity index (χ3v) is 3.67. The third-order valence-electron chi connectivity index (χ3n) is 3.67. The van der Waals surface area contributed by atoms with Gasteiger partial charge in [0.15, 0.2) is 5.96 Å². The van der Waals surface area contributed by atoms with Gasteiger partial charge in [-0.05, 0) is 50.1 Å². The van der Waals surface area contributed by atoms with E-state index in [4.69, 9.17) is 4.74 Å². The molecule has 6 heteroatoms. The molecule has 0 aliphatic heterocycles. The van der Waals surface area contributed by atoms with Crippen molar-refractivity contribution in [1.82, 2.24) is 10.6 Å². The lowest BCUT2D eigenvalue weighted by Gasteiger charge is -2.21. The molecule has 0 fully saturated rings. The topological polar surface area (TPSA) is 62.7 Å². The number of benzene rings is 2. The number of nitrogens with zero attached hydrogens (tertiary/aromatic N) is 1. The van der Waals surface area contributed by atoms with E-state index in [1.807, 2.05) is 32.9 Å². The molecule has 2 rings (SSSR count). The summed E-state index contributed by atoms with van der Waals surface area (Å²) in [5.41, 5.74) is 0.660. The largest absolute Gasteiger partial charge is 0.459 e. The van der Waals surface area contributed by atoms with Crippen LogP contribution in [0.5, 0.6) is 0 Å². The fourth-order valence-electron chi connectivity index (χ4n) is 2.49. The number of fused-ring (bicyclic) bond motifs is 1. The third kappa shape index (κ3) is 6.82. The molecule has 2 aromatic carbocycles. The summed E-state index contributed by atoms with van der Waals surface area (Å²) in [6.45, 7) is 7.67. The fourth-order valence-corrected chi connectivity index (χ4v) is 2.49. The summed E-state index contributed by atoms with van der Waals surface area (Å²) in [5, 5.41) is 8.70. The van der Waals surface area contributed by atoms with E-state index in [1.54, 1.807) is 7.05 Å². The Morgan fingerprint density at radius 1 is 1.15 bits per heavy atom. The minimum Gasteiger partial charge on any atom is -0.459 e. The van der Waals surface area contributed by atoms with Crippen molar-refractivity contribution in [2.24, 2.45) is 4.99 Å². The molecule has 0 radical (unpaired) electrons. The van der Waals surface area contributed by atoms with Gasteiger partial charge in [0.2, 0.25) is 0 Å². The molecule has 26 heavy (non-hydrogen) atoms. The van der Waals surface area contributed by atoms with E-state index in [0.29, 0.717) is 5.96 Å². The molecule has 1 unspecified atom stereocenters. The van der Waals surface area contributed by atoms with Gasteiger partial charge in [-0.1, -0.05) is 36.4 Å². The Bertz CT molecular complexity index is 769. The van der Waals surface area contributed by atoms with Gasteiger partial charge in [-0.25, -0.2) is 0 Å². The van der Waals surface area contributed by atoms with Crippen LogP contribution in [0.1, 0.15) is 39.3 Å². The zero-order valence-electron chi connectivity index (χ0n) is 16.0. The van der Waals surface area contributed by atoms with Crippen LogP contribution < -0.4 is 10.6 Å². The van der Waals surface area contributed by atoms with Gasteiger partial charge in [-0.2, -0.15) is 0 Å². The number of halogens is 1. The van der Waals surface area contributed by atoms with Crippen molar-refractivity contribution >= 4 is 46.7 Å². The lowest BCUT2D eigenvalue weighted by molar-refractivity contribution is -0.153. The van der Waals surface area contributed by atoms with Crippen LogP contribution in [0, 0.1) is 0 Å². The summed E-state index contributed by atoms with van der Waals surface area (Å²) >= 11 is 0. The SMILES string of the molecule is CN=C(NCC(=O)OC(C)(C)C)NC(C)c1ccc2ccccc2c1.I. The number of rotatable bonds is 4. The van der Waals surface area contributed by atoms with E-state index in [9.17, 15) is 4.79 Å². The molecule has 0 bridgehead atoms. The monoisotopic (exact) mass is 469 g/mol. The Morgan fingerprint density at radius 3 is 2.42 bits per heavy atom. The van der Waals surface area contributed by atoms with Crippen LogP contribution >= 0.6 is 24.0 Å². The first-order valence-electron chi connectivity index (χ1n) is 8.46. The lowest BCUT2D eigenvalue weighted by atomic mass is 10.0. The van der Waals surface area contributed by atoms with Gasteiger partial charge in [-0.3, -0.25) is 9.79 Å². The van der Waals surface area contributed by atoms with Crippen molar-refractivity contribution in [3.8, 4) is 0 Å². The quantitative estimate of drug-likeness (QED) is 0.307. The molecule has 2 aromatic rings. The first kappa shape index (κ1) is 22.2. The average Bonchev–Trinajstić information content (AvgIpc) is 2.56. The van der Waals surface area contributed by atoms with Gasteiger partial charge in [0.05, 0.1) is 6.04 Å². The molecule has 0 aromatic heterocycles. The predicted molar refractivity (Wildman–Crippen MR) is 118 cm³/mol. The molecule has 1 atom stereocenters. The van der Waals surface area contributed by atoms with Gasteiger partial charge in [0, 0.05) is 7.05 Å². The average molecular weight is 469 g/mol. The molecule has 0 spiro atoms. The van der Waals surface area contributed by atoms with Crippen LogP contribution in [0.25, 0.3) is 10.8 Å². The normalized spacial score (nSPS) is 12.9. The highest BCUT2D eigenvalue weighted by Crippen LogP contribution is 2.20. The highest BCUT2D eigenvalue weighted by Gasteiger charge is 2.16.